The summed E-state index contributed by atoms with van der Waals surface area (Å²) in [7, 11) is 2.25. The van der Waals surface area contributed by atoms with Gasteiger partial charge in [-0.25, -0.2) is 7.11 Å². The molecule has 0 bridgehead atoms. The van der Waals surface area contributed by atoms with Gasteiger partial charge in [0.05, 0.1) is 0 Å². The zero-order chi connectivity index (χ0) is 4.00. The van der Waals surface area contributed by atoms with E-state index in [0.717, 1.165) is 0 Å². The van der Waals surface area contributed by atoms with Crippen LogP contribution in [0.15, 0.2) is 0 Å². The van der Waals surface area contributed by atoms with E-state index in [4.69, 9.17) is 8.94 Å². The molecule has 5 heavy (non-hydrogen) atoms. The molecule has 0 fully saturated rings. The Morgan fingerprint density at radius 3 is 1.40 bits per heavy atom. The fraction of sp³-hybridized carbons (Fsp3) is 0. The maximum atomic E-state index is 8.00. The summed E-state index contributed by atoms with van der Waals surface area (Å²) in [6.45, 7) is 0. The summed E-state index contributed by atoms with van der Waals surface area (Å²) >= 11 is 2.00. The molecule has 34 valence electrons. The maximum absolute atomic E-state index is 8.00. The fourth-order valence-electron chi connectivity index (χ4n) is 0. The van der Waals surface area contributed by atoms with Crippen LogP contribution in [-0.2, 0) is 40.8 Å². The summed E-state index contributed by atoms with van der Waals surface area (Å²) in [5.74, 6) is 0. The van der Waals surface area contributed by atoms with Gasteiger partial charge in [-0.1, -0.05) is 0 Å². The first kappa shape index (κ1) is 16.7. The van der Waals surface area contributed by atoms with Gasteiger partial charge in [-0.15, -0.1) is 0 Å². The van der Waals surface area contributed by atoms with Gasteiger partial charge in [0, 0.05) is 21.1 Å². The molecule has 4 heteroatoms. The summed E-state index contributed by atoms with van der Waals surface area (Å²) in [5, 5.41) is 6.75. The first-order chi connectivity index (χ1) is 2.00. The van der Waals surface area contributed by atoms with Gasteiger partial charge in [0.25, 0.3) is 0 Å². The molecular weight excluding hydrogens is 196 g/mol. The molecule has 0 amide bonds. The van der Waals surface area contributed by atoms with E-state index in [1.165, 1.54) is 0 Å². The molecule has 0 aromatic carbocycles. The van der Waals surface area contributed by atoms with Crippen molar-refractivity contribution in [2.75, 3.05) is 0 Å². The van der Waals surface area contributed by atoms with Crippen molar-refractivity contribution in [2.24, 2.45) is 0 Å². The van der Waals surface area contributed by atoms with Gasteiger partial charge in [0.2, 0.25) is 0 Å². The summed E-state index contributed by atoms with van der Waals surface area (Å²) < 4.78 is 8.00. The van der Waals surface area contributed by atoms with E-state index in [0.29, 0.717) is 0 Å². The normalized spacial score (nSPS) is 2.20. The molecule has 2 nitrogen and oxygen atoms in total. The van der Waals surface area contributed by atoms with Gasteiger partial charge in [-0.2, -0.15) is 0 Å². The topological polar surface area (TPSA) is 37.3 Å². The van der Waals surface area contributed by atoms with E-state index in [2.05, 4.69) is 7.11 Å². The number of aliphatic hydroxyl groups excluding tert-OH is 1. The predicted molar refractivity (Wildman–Crippen MR) is 7.98 cm³/mol. The molecule has 0 heterocycles. The van der Waals surface area contributed by atoms with Crippen LogP contribution in [0.2, 0.25) is 0 Å². The Morgan fingerprint density at radius 1 is 1.40 bits per heavy atom. The van der Waals surface area contributed by atoms with Crippen LogP contribution in [0.4, 0.5) is 0 Å². The Kier molecular flexibility index (Phi) is 279. The molecule has 0 unspecified atom stereocenters. The molecule has 0 aliphatic rings. The quantitative estimate of drug-likeness (QED) is 0.441. The van der Waals surface area contributed by atoms with Crippen LogP contribution in [0.5, 0.6) is 0 Å². The van der Waals surface area contributed by atoms with Crippen molar-refractivity contribution >= 4 is 0 Å². The van der Waals surface area contributed by atoms with Crippen LogP contribution in [0.25, 0.3) is 0 Å². The van der Waals surface area contributed by atoms with Crippen molar-refractivity contribution in [2.45, 2.75) is 0 Å². The zero-order valence-corrected chi connectivity index (χ0v) is 5.44. The van der Waals surface area contributed by atoms with E-state index in [-0.39, 0.29) is 21.1 Å². The van der Waals surface area contributed by atoms with E-state index in [1.807, 2.05) is 15.9 Å². The minimum atomic E-state index is 0. The number of aliphatic hydroxyl groups is 1. The van der Waals surface area contributed by atoms with Crippen LogP contribution in [0.3, 0.4) is 0 Å². The van der Waals surface area contributed by atoms with Crippen molar-refractivity contribution in [3.8, 4) is 0 Å². The Morgan fingerprint density at radius 2 is 1.40 bits per heavy atom. The second kappa shape index (κ2) is 83.5. The third kappa shape index (κ3) is 46.7. The summed E-state index contributed by atoms with van der Waals surface area (Å²) in [5.41, 5.74) is 0. The molecule has 0 rings (SSSR count). The molecule has 1 N–H and O–H groups in total. The summed E-state index contributed by atoms with van der Waals surface area (Å²) in [6.07, 6.45) is 0. The van der Waals surface area contributed by atoms with Gasteiger partial charge in [0.15, 0.2) is 0 Å². The summed E-state index contributed by atoms with van der Waals surface area (Å²) in [4.78, 5) is 0. The molecule has 0 aromatic rings. The van der Waals surface area contributed by atoms with Gasteiger partial charge in [0.1, 0.15) is 0 Å². The number of rotatable bonds is 0. The SMILES string of the molecule is [CH2-]O.[Mo].[O]=[Fe]. The molecule has 0 aliphatic heterocycles. The fourth-order valence-corrected chi connectivity index (χ4v) is 0. The Labute approximate surface area is 53.2 Å². The Hall–Kier alpha value is 0.968. The third-order valence-electron chi connectivity index (χ3n) is 0. The van der Waals surface area contributed by atoms with Crippen molar-refractivity contribution in [1.82, 2.24) is 0 Å². The molecule has 0 saturated heterocycles. The van der Waals surface area contributed by atoms with Crippen LogP contribution >= 0.6 is 0 Å². The van der Waals surface area contributed by atoms with E-state index in [9.17, 15) is 0 Å². The predicted octanol–water partition coefficient (Wildman–Crippen LogP) is 0.0267. The van der Waals surface area contributed by atoms with Gasteiger partial charge in [-0.3, -0.25) is 0 Å². The van der Waals surface area contributed by atoms with Gasteiger partial charge >= 0.3 is 19.8 Å². The second-order valence-corrected chi connectivity index (χ2v) is 0. The molecule has 0 radical (unpaired) electrons. The standard InChI is InChI=1S/CH3O.Fe.Mo.O/c1-2;;;/h2H,1H2;;;/q-1;;;. The van der Waals surface area contributed by atoms with Crippen LogP contribution < -0.4 is 0 Å². The van der Waals surface area contributed by atoms with Gasteiger partial charge < -0.3 is 5.11 Å². The zero-order valence-electron chi connectivity index (χ0n) is 2.32. The third-order valence-corrected chi connectivity index (χ3v) is 0. The molecular formula is CH3FeMoO2-. The van der Waals surface area contributed by atoms with Crippen molar-refractivity contribution in [3.63, 3.8) is 0 Å². The Bertz CT molecular complexity index is 9.61. The number of hydrogen-bond acceptors (Lipinski definition) is 2. The van der Waals surface area contributed by atoms with Gasteiger partial charge in [-0.05, 0) is 0 Å². The van der Waals surface area contributed by atoms with Crippen LogP contribution in [-0.4, -0.2) is 5.11 Å². The molecule has 0 saturated carbocycles. The average Bonchev–Trinajstić information content (AvgIpc) is 1.50. The molecule has 0 atom stereocenters. The van der Waals surface area contributed by atoms with Crippen LogP contribution in [0.1, 0.15) is 0 Å². The second-order valence-electron chi connectivity index (χ2n) is 0. The minimum absolute atomic E-state index is 0. The molecule has 0 aromatic heterocycles. The molecule has 0 aliphatic carbocycles. The number of hydrogen-bond donors (Lipinski definition) is 1. The van der Waals surface area contributed by atoms with E-state index < -0.39 is 0 Å². The first-order valence-corrected chi connectivity index (χ1v) is 0.911. The van der Waals surface area contributed by atoms with E-state index >= 15 is 0 Å². The van der Waals surface area contributed by atoms with Crippen molar-refractivity contribution in [3.05, 3.63) is 7.11 Å². The van der Waals surface area contributed by atoms with Crippen molar-refractivity contribution < 1.29 is 46.0 Å². The van der Waals surface area contributed by atoms with E-state index in [1.54, 1.807) is 0 Å². The summed E-state index contributed by atoms with van der Waals surface area (Å²) in [6, 6.07) is 0. The molecule has 0 spiro atoms. The monoisotopic (exact) mass is 201 g/mol. The first-order valence-electron chi connectivity index (χ1n) is 0.461. The Balaban J connectivity index is -0.0000000133. The van der Waals surface area contributed by atoms with Crippen LogP contribution in [0, 0.1) is 7.11 Å². The van der Waals surface area contributed by atoms with Crippen molar-refractivity contribution in [1.29, 1.82) is 0 Å². The average molecular weight is 199 g/mol.